The summed E-state index contributed by atoms with van der Waals surface area (Å²) in [5.74, 6) is -0.539. The third-order valence-electron chi connectivity index (χ3n) is 2.27. The minimum Gasteiger partial charge on any atom is -0.304 e. The first kappa shape index (κ1) is 14.5. The molecule has 0 spiro atoms. The third kappa shape index (κ3) is 3.35. The Morgan fingerprint density at radius 2 is 2.10 bits per heavy atom. The predicted octanol–water partition coefficient (Wildman–Crippen LogP) is 2.85. The highest BCUT2D eigenvalue weighted by atomic mass is 79.9. The molecule has 0 aliphatic heterocycles. The number of aryl methyl sites for hydroxylation is 1. The SMILES string of the molecule is Cn1ccc(NC(=O)c2cc(Br)cc(C(F)(F)F)n2)n1. The summed E-state index contributed by atoms with van der Waals surface area (Å²) in [4.78, 5) is 15.1. The molecule has 20 heavy (non-hydrogen) atoms. The number of amides is 1. The lowest BCUT2D eigenvalue weighted by Gasteiger charge is -2.08. The Hall–Kier alpha value is -1.90. The topological polar surface area (TPSA) is 59.8 Å². The Morgan fingerprint density at radius 1 is 1.40 bits per heavy atom. The van der Waals surface area contributed by atoms with E-state index in [1.54, 1.807) is 13.2 Å². The third-order valence-corrected chi connectivity index (χ3v) is 2.73. The Morgan fingerprint density at radius 3 is 2.65 bits per heavy atom. The van der Waals surface area contributed by atoms with Crippen LogP contribution in [0.2, 0.25) is 0 Å². The van der Waals surface area contributed by atoms with Gasteiger partial charge in [0, 0.05) is 23.8 Å². The van der Waals surface area contributed by atoms with E-state index in [0.29, 0.717) is 0 Å². The van der Waals surface area contributed by atoms with Gasteiger partial charge in [-0.15, -0.1) is 0 Å². The van der Waals surface area contributed by atoms with Crippen LogP contribution in [0.3, 0.4) is 0 Å². The number of rotatable bonds is 2. The summed E-state index contributed by atoms with van der Waals surface area (Å²) >= 11 is 2.92. The summed E-state index contributed by atoms with van der Waals surface area (Å²) in [7, 11) is 1.65. The fourth-order valence-electron chi connectivity index (χ4n) is 1.42. The van der Waals surface area contributed by atoms with Gasteiger partial charge in [-0.05, 0) is 12.1 Å². The summed E-state index contributed by atoms with van der Waals surface area (Å²) < 4.78 is 39.4. The molecule has 2 heterocycles. The Kier molecular flexibility index (Phi) is 3.80. The van der Waals surface area contributed by atoms with Gasteiger partial charge in [-0.2, -0.15) is 18.3 Å². The molecule has 0 bridgehead atoms. The zero-order valence-electron chi connectivity index (χ0n) is 10.1. The number of aromatic nitrogens is 3. The van der Waals surface area contributed by atoms with Gasteiger partial charge in [0.05, 0.1) is 0 Å². The molecule has 0 aliphatic rings. The second-order valence-electron chi connectivity index (χ2n) is 3.88. The highest BCUT2D eigenvalue weighted by Gasteiger charge is 2.33. The molecule has 9 heteroatoms. The molecule has 2 aromatic rings. The number of hydrogen-bond acceptors (Lipinski definition) is 3. The molecule has 0 aromatic carbocycles. The fraction of sp³-hybridized carbons (Fsp3) is 0.182. The number of hydrogen-bond donors (Lipinski definition) is 1. The number of carbonyl (C=O) groups is 1. The predicted molar refractivity (Wildman–Crippen MR) is 68.1 cm³/mol. The molecule has 0 unspecified atom stereocenters. The monoisotopic (exact) mass is 348 g/mol. The molecule has 0 atom stereocenters. The van der Waals surface area contributed by atoms with Crippen LogP contribution in [-0.2, 0) is 13.2 Å². The zero-order chi connectivity index (χ0) is 14.9. The number of alkyl halides is 3. The van der Waals surface area contributed by atoms with Crippen LogP contribution in [-0.4, -0.2) is 20.7 Å². The highest BCUT2D eigenvalue weighted by molar-refractivity contribution is 9.10. The molecular formula is C11H8BrF3N4O. The average molecular weight is 349 g/mol. The van der Waals surface area contributed by atoms with E-state index in [1.807, 2.05) is 0 Å². The first-order valence-electron chi connectivity index (χ1n) is 5.31. The van der Waals surface area contributed by atoms with E-state index < -0.39 is 17.8 Å². The van der Waals surface area contributed by atoms with Crippen LogP contribution in [0.1, 0.15) is 16.2 Å². The Bertz CT molecular complexity index is 653. The fourth-order valence-corrected chi connectivity index (χ4v) is 1.85. The number of carbonyl (C=O) groups excluding carboxylic acids is 1. The van der Waals surface area contributed by atoms with Gasteiger partial charge in [-0.1, -0.05) is 15.9 Å². The lowest BCUT2D eigenvalue weighted by molar-refractivity contribution is -0.141. The molecule has 1 N–H and O–H groups in total. The van der Waals surface area contributed by atoms with E-state index in [2.05, 4.69) is 31.3 Å². The van der Waals surface area contributed by atoms with E-state index in [0.717, 1.165) is 6.07 Å². The van der Waals surface area contributed by atoms with Crippen molar-refractivity contribution >= 4 is 27.7 Å². The van der Waals surface area contributed by atoms with Crippen molar-refractivity contribution in [2.24, 2.45) is 7.05 Å². The molecule has 106 valence electrons. The first-order chi connectivity index (χ1) is 9.25. The van der Waals surface area contributed by atoms with Crippen LogP contribution in [0.25, 0.3) is 0 Å². The van der Waals surface area contributed by atoms with Gasteiger partial charge in [0.1, 0.15) is 11.4 Å². The van der Waals surface area contributed by atoms with E-state index in [-0.39, 0.29) is 16.0 Å². The van der Waals surface area contributed by atoms with Crippen molar-refractivity contribution in [3.05, 3.63) is 40.3 Å². The second kappa shape index (κ2) is 5.23. The summed E-state index contributed by atoms with van der Waals surface area (Å²) in [6.07, 6.45) is -3.03. The molecule has 5 nitrogen and oxygen atoms in total. The number of nitrogens with one attached hydrogen (secondary N) is 1. The minimum absolute atomic E-state index is 0.117. The maximum absolute atomic E-state index is 12.6. The Balaban J connectivity index is 2.28. The van der Waals surface area contributed by atoms with Gasteiger partial charge in [0.2, 0.25) is 0 Å². The van der Waals surface area contributed by atoms with Crippen LogP contribution in [0, 0.1) is 0 Å². The zero-order valence-corrected chi connectivity index (χ0v) is 11.7. The van der Waals surface area contributed by atoms with Gasteiger partial charge in [0.15, 0.2) is 5.82 Å². The maximum Gasteiger partial charge on any atom is 0.433 e. The van der Waals surface area contributed by atoms with Gasteiger partial charge in [-0.25, -0.2) is 4.98 Å². The van der Waals surface area contributed by atoms with Crippen LogP contribution >= 0.6 is 15.9 Å². The first-order valence-corrected chi connectivity index (χ1v) is 6.11. The molecule has 0 radical (unpaired) electrons. The van der Waals surface area contributed by atoms with Gasteiger partial charge < -0.3 is 5.32 Å². The number of halogens is 4. The molecule has 0 saturated carbocycles. The summed E-state index contributed by atoms with van der Waals surface area (Å²) in [5, 5.41) is 6.26. The van der Waals surface area contributed by atoms with Crippen molar-refractivity contribution in [1.29, 1.82) is 0 Å². The van der Waals surface area contributed by atoms with E-state index in [1.165, 1.54) is 16.8 Å². The maximum atomic E-state index is 12.6. The van der Waals surface area contributed by atoms with Crippen molar-refractivity contribution in [2.75, 3.05) is 5.32 Å². The largest absolute Gasteiger partial charge is 0.433 e. The molecule has 0 fully saturated rings. The molecule has 2 rings (SSSR count). The highest BCUT2D eigenvalue weighted by Crippen LogP contribution is 2.29. The molecule has 2 aromatic heterocycles. The summed E-state index contributed by atoms with van der Waals surface area (Å²) in [6.45, 7) is 0. The van der Waals surface area contributed by atoms with Gasteiger partial charge >= 0.3 is 6.18 Å². The Labute approximate surface area is 119 Å². The van der Waals surface area contributed by atoms with Crippen LogP contribution in [0.4, 0.5) is 19.0 Å². The quantitative estimate of drug-likeness (QED) is 0.907. The molecule has 0 saturated heterocycles. The lowest BCUT2D eigenvalue weighted by atomic mass is 10.3. The van der Waals surface area contributed by atoms with Crippen LogP contribution in [0.5, 0.6) is 0 Å². The number of nitrogens with zero attached hydrogens (tertiary/aromatic N) is 3. The van der Waals surface area contributed by atoms with Crippen LogP contribution < -0.4 is 5.32 Å². The van der Waals surface area contributed by atoms with E-state index in [4.69, 9.17) is 0 Å². The van der Waals surface area contributed by atoms with Crippen molar-refractivity contribution in [3.8, 4) is 0 Å². The lowest BCUT2D eigenvalue weighted by Crippen LogP contribution is -2.17. The van der Waals surface area contributed by atoms with Crippen molar-refractivity contribution in [2.45, 2.75) is 6.18 Å². The smallest absolute Gasteiger partial charge is 0.304 e. The van der Waals surface area contributed by atoms with Crippen LogP contribution in [0.15, 0.2) is 28.9 Å². The number of pyridine rings is 1. The molecule has 0 aliphatic carbocycles. The minimum atomic E-state index is -4.62. The molecule has 1 amide bonds. The van der Waals surface area contributed by atoms with E-state index >= 15 is 0 Å². The normalized spacial score (nSPS) is 11.4. The van der Waals surface area contributed by atoms with Gasteiger partial charge in [-0.3, -0.25) is 9.48 Å². The van der Waals surface area contributed by atoms with Crippen molar-refractivity contribution < 1.29 is 18.0 Å². The van der Waals surface area contributed by atoms with Crippen molar-refractivity contribution in [3.63, 3.8) is 0 Å². The number of anilines is 1. The van der Waals surface area contributed by atoms with Crippen molar-refractivity contribution in [1.82, 2.24) is 14.8 Å². The van der Waals surface area contributed by atoms with E-state index in [9.17, 15) is 18.0 Å². The van der Waals surface area contributed by atoms with Gasteiger partial charge in [0.25, 0.3) is 5.91 Å². The summed E-state index contributed by atoms with van der Waals surface area (Å²) in [6, 6.07) is 3.52. The molecular weight excluding hydrogens is 341 g/mol. The summed E-state index contributed by atoms with van der Waals surface area (Å²) in [5.41, 5.74) is -1.49. The average Bonchev–Trinajstić information content (AvgIpc) is 2.72. The second-order valence-corrected chi connectivity index (χ2v) is 4.80. The standard InChI is InChI=1S/C11H8BrF3N4O/c1-19-3-2-9(18-19)17-10(20)7-4-6(12)5-8(16-7)11(13,14)15/h2-5H,1H3,(H,17,18,20).